The van der Waals surface area contributed by atoms with Gasteiger partial charge in [0.1, 0.15) is 0 Å². The molecule has 0 aliphatic rings. The van der Waals surface area contributed by atoms with E-state index in [2.05, 4.69) is 9.84 Å². The summed E-state index contributed by atoms with van der Waals surface area (Å²) in [6.45, 7) is -1.24. The fraction of sp³-hybridized carbons (Fsp3) is 0.500. The zero-order valence-corrected chi connectivity index (χ0v) is 8.55. The van der Waals surface area contributed by atoms with E-state index in [-0.39, 0.29) is 0 Å². The summed E-state index contributed by atoms with van der Waals surface area (Å²) in [4.78, 5) is 10.7. The number of carbonyl (C=O) groups is 1. The highest BCUT2D eigenvalue weighted by Gasteiger charge is 2.40. The van der Waals surface area contributed by atoms with Gasteiger partial charge in [-0.25, -0.2) is 0 Å². The summed E-state index contributed by atoms with van der Waals surface area (Å²) >= 11 is 0. The number of hydrogen-bond acceptors (Lipinski definition) is 3. The Bertz CT molecular complexity index is 422. The molecule has 0 fully saturated rings. The number of halogens is 6. The van der Waals surface area contributed by atoms with Crippen molar-refractivity contribution in [2.75, 3.05) is 6.61 Å². The van der Waals surface area contributed by atoms with Gasteiger partial charge in [0.25, 0.3) is 5.78 Å². The molecule has 10 heteroatoms. The lowest BCUT2D eigenvalue weighted by molar-refractivity contribution is -0.325. The van der Waals surface area contributed by atoms with Gasteiger partial charge in [-0.2, -0.15) is 18.3 Å². The standard InChI is InChI=1S/C8H6F6N2O2/c9-7(10,11)6(17)5-3-15-16(4-5)1-2-18-8(12,13)14/h3-4H,1-2H2. The molecular formula is C8H6F6N2O2. The molecule has 0 saturated carbocycles. The molecule has 18 heavy (non-hydrogen) atoms. The van der Waals surface area contributed by atoms with Gasteiger partial charge in [-0.1, -0.05) is 0 Å². The maximum atomic E-state index is 12.0. The number of ketones is 1. The van der Waals surface area contributed by atoms with E-state index in [0.717, 1.165) is 4.68 Å². The molecular weight excluding hydrogens is 270 g/mol. The van der Waals surface area contributed by atoms with E-state index < -0.39 is 37.0 Å². The van der Waals surface area contributed by atoms with Gasteiger partial charge in [-0.15, -0.1) is 13.2 Å². The van der Waals surface area contributed by atoms with Gasteiger partial charge in [0.05, 0.1) is 24.9 Å². The number of alkyl halides is 6. The Hall–Kier alpha value is -1.58. The summed E-state index contributed by atoms with van der Waals surface area (Å²) < 4.78 is 74.9. The monoisotopic (exact) mass is 276 g/mol. The highest BCUT2D eigenvalue weighted by molar-refractivity contribution is 5.99. The van der Waals surface area contributed by atoms with Crippen LogP contribution in [0.1, 0.15) is 10.4 Å². The number of Topliss-reactive ketones (excluding diaryl/α,β-unsaturated/α-hetero) is 1. The quantitative estimate of drug-likeness (QED) is 0.625. The van der Waals surface area contributed by atoms with Gasteiger partial charge in [0, 0.05) is 6.20 Å². The second-order valence-corrected chi connectivity index (χ2v) is 3.11. The molecule has 0 N–H and O–H groups in total. The van der Waals surface area contributed by atoms with E-state index in [4.69, 9.17) is 0 Å². The molecule has 0 radical (unpaired) electrons. The summed E-state index contributed by atoms with van der Waals surface area (Å²) in [5.41, 5.74) is -0.741. The molecule has 0 bridgehead atoms. The number of hydrogen-bond donors (Lipinski definition) is 0. The third-order valence-corrected chi connectivity index (χ3v) is 1.74. The van der Waals surface area contributed by atoms with Crippen molar-refractivity contribution in [3.8, 4) is 0 Å². The number of carbonyl (C=O) groups excluding carboxylic acids is 1. The molecule has 102 valence electrons. The van der Waals surface area contributed by atoms with Crippen molar-refractivity contribution in [3.05, 3.63) is 18.0 Å². The molecule has 1 heterocycles. The Kier molecular flexibility index (Phi) is 3.99. The fourth-order valence-corrected chi connectivity index (χ4v) is 1.02. The summed E-state index contributed by atoms with van der Waals surface area (Å²) in [6.07, 6.45) is -8.53. The van der Waals surface area contributed by atoms with Crippen LogP contribution in [0.15, 0.2) is 12.4 Å². The summed E-state index contributed by atoms with van der Waals surface area (Å²) in [5, 5.41) is 3.32. The predicted molar refractivity (Wildman–Crippen MR) is 44.6 cm³/mol. The largest absolute Gasteiger partial charge is 0.522 e. The zero-order chi connectivity index (χ0) is 14.0. The van der Waals surface area contributed by atoms with Gasteiger partial charge >= 0.3 is 12.5 Å². The minimum absolute atomic E-state index is 0.426. The first-order chi connectivity index (χ1) is 8.09. The van der Waals surface area contributed by atoms with E-state index >= 15 is 0 Å². The SMILES string of the molecule is O=C(c1cnn(CCOC(F)(F)F)c1)C(F)(F)F. The van der Waals surface area contributed by atoms with Crippen molar-refractivity contribution in [1.82, 2.24) is 9.78 Å². The van der Waals surface area contributed by atoms with Crippen LogP contribution in [-0.4, -0.2) is 34.7 Å². The highest BCUT2D eigenvalue weighted by Crippen LogP contribution is 2.21. The lowest BCUT2D eigenvalue weighted by Gasteiger charge is -2.06. The van der Waals surface area contributed by atoms with Crippen LogP contribution < -0.4 is 0 Å². The molecule has 0 saturated heterocycles. The normalized spacial score (nSPS) is 12.8. The Balaban J connectivity index is 2.57. The maximum absolute atomic E-state index is 12.0. The molecule has 0 atom stereocenters. The van der Waals surface area contributed by atoms with E-state index in [0.29, 0.717) is 12.4 Å². The minimum atomic E-state index is -5.05. The Labute approximate surface area is 96.1 Å². The van der Waals surface area contributed by atoms with Gasteiger partial charge < -0.3 is 0 Å². The minimum Gasteiger partial charge on any atom is -0.290 e. The molecule has 1 aromatic rings. The van der Waals surface area contributed by atoms with Crippen molar-refractivity contribution in [1.29, 1.82) is 0 Å². The summed E-state index contributed by atoms with van der Waals surface area (Å²) in [7, 11) is 0. The van der Waals surface area contributed by atoms with E-state index in [1.807, 2.05) is 0 Å². The van der Waals surface area contributed by atoms with Gasteiger partial charge in [-0.3, -0.25) is 14.2 Å². The van der Waals surface area contributed by atoms with Gasteiger partial charge in [-0.05, 0) is 0 Å². The highest BCUT2D eigenvalue weighted by atomic mass is 19.4. The van der Waals surface area contributed by atoms with Crippen LogP contribution in [0.3, 0.4) is 0 Å². The van der Waals surface area contributed by atoms with Gasteiger partial charge in [0.2, 0.25) is 0 Å². The Morgan fingerprint density at radius 3 is 2.39 bits per heavy atom. The first-order valence-corrected chi connectivity index (χ1v) is 4.44. The van der Waals surface area contributed by atoms with Crippen LogP contribution in [0, 0.1) is 0 Å². The van der Waals surface area contributed by atoms with Crippen LogP contribution in [0.4, 0.5) is 26.3 Å². The van der Waals surface area contributed by atoms with E-state index in [9.17, 15) is 31.1 Å². The zero-order valence-electron chi connectivity index (χ0n) is 8.55. The molecule has 0 spiro atoms. The topological polar surface area (TPSA) is 44.1 Å². The van der Waals surface area contributed by atoms with E-state index in [1.54, 1.807) is 0 Å². The van der Waals surface area contributed by atoms with Crippen LogP contribution in [0.2, 0.25) is 0 Å². The smallest absolute Gasteiger partial charge is 0.290 e. The lowest BCUT2D eigenvalue weighted by atomic mass is 10.2. The third-order valence-electron chi connectivity index (χ3n) is 1.74. The molecule has 0 unspecified atom stereocenters. The molecule has 1 aromatic heterocycles. The molecule has 4 nitrogen and oxygen atoms in total. The second kappa shape index (κ2) is 4.96. The molecule has 0 aliphatic carbocycles. The van der Waals surface area contributed by atoms with Crippen LogP contribution in [-0.2, 0) is 11.3 Å². The van der Waals surface area contributed by atoms with Crippen LogP contribution in [0.25, 0.3) is 0 Å². The third kappa shape index (κ3) is 4.35. The first-order valence-electron chi connectivity index (χ1n) is 4.44. The van der Waals surface area contributed by atoms with Crippen molar-refractivity contribution in [2.45, 2.75) is 19.1 Å². The van der Waals surface area contributed by atoms with E-state index in [1.165, 1.54) is 0 Å². The molecule has 0 amide bonds. The van der Waals surface area contributed by atoms with Crippen molar-refractivity contribution < 1.29 is 35.9 Å². The van der Waals surface area contributed by atoms with Crippen molar-refractivity contribution in [3.63, 3.8) is 0 Å². The molecule has 0 aromatic carbocycles. The number of ether oxygens (including phenoxy) is 1. The van der Waals surface area contributed by atoms with Crippen molar-refractivity contribution >= 4 is 5.78 Å². The van der Waals surface area contributed by atoms with Crippen LogP contribution in [0.5, 0.6) is 0 Å². The summed E-state index contributed by atoms with van der Waals surface area (Å²) in [5.74, 6) is -2.11. The summed E-state index contributed by atoms with van der Waals surface area (Å²) in [6, 6.07) is 0. The lowest BCUT2D eigenvalue weighted by Crippen LogP contribution is -2.22. The van der Waals surface area contributed by atoms with Crippen LogP contribution >= 0.6 is 0 Å². The van der Waals surface area contributed by atoms with Gasteiger partial charge in [0.15, 0.2) is 0 Å². The number of aromatic nitrogens is 2. The Morgan fingerprint density at radius 1 is 1.28 bits per heavy atom. The molecule has 0 aliphatic heterocycles. The maximum Gasteiger partial charge on any atom is 0.522 e. The fourth-order valence-electron chi connectivity index (χ4n) is 1.02. The van der Waals surface area contributed by atoms with Crippen molar-refractivity contribution in [2.24, 2.45) is 0 Å². The number of nitrogens with zero attached hydrogens (tertiary/aromatic N) is 2. The Morgan fingerprint density at radius 2 is 1.89 bits per heavy atom. The number of rotatable bonds is 4. The molecule has 1 rings (SSSR count). The average molecular weight is 276 g/mol. The predicted octanol–water partition coefficient (Wildman–Crippen LogP) is 2.16. The second-order valence-electron chi connectivity index (χ2n) is 3.11. The first kappa shape index (κ1) is 14.5. The average Bonchev–Trinajstić information content (AvgIpc) is 2.61.